The fourth-order valence-electron chi connectivity index (χ4n) is 0.488. The Morgan fingerprint density at radius 3 is 2.78 bits per heavy atom. The van der Waals surface area contributed by atoms with Crippen molar-refractivity contribution in [3.63, 3.8) is 0 Å². The maximum atomic E-state index is 3.58. The van der Waals surface area contributed by atoms with Crippen LogP contribution in [0.1, 0.15) is 20.3 Å². The molecule has 0 aromatic rings. The lowest BCUT2D eigenvalue weighted by Crippen LogP contribution is -1.69. The molecular weight excluding hydrogens is 108 g/mol. The second kappa shape index (κ2) is 5.18. The molecule has 0 aromatic carbocycles. The molecule has 0 bridgehead atoms. The molecule has 48 valence electrons. The van der Waals surface area contributed by atoms with Gasteiger partial charge in [-0.3, -0.25) is 0 Å². The highest BCUT2D eigenvalue weighted by Crippen LogP contribution is 1.96. The quantitative estimate of drug-likeness (QED) is 0.388. The number of hydrogen-bond donors (Lipinski definition) is 0. The van der Waals surface area contributed by atoms with Crippen molar-refractivity contribution >= 4 is 0 Å². The minimum Gasteiger partial charge on any atom is -0.106 e. The zero-order valence-corrected chi connectivity index (χ0v) is 6.07. The zero-order valence-electron chi connectivity index (χ0n) is 6.07. The molecule has 0 saturated carbocycles. The number of rotatable bonds is 2. The van der Waals surface area contributed by atoms with Crippen molar-refractivity contribution < 1.29 is 0 Å². The third kappa shape index (κ3) is 4.90. The molecule has 0 aliphatic rings. The molecule has 0 nitrogen and oxygen atoms in total. The van der Waals surface area contributed by atoms with E-state index >= 15 is 0 Å². The summed E-state index contributed by atoms with van der Waals surface area (Å²) in [6, 6.07) is 0. The molecule has 0 saturated heterocycles. The standard InChI is InChI=1S/C9H12/c1-4-6-8-9(3)7-5-2/h5,7H,2,8H2,1,3H3/b9-7-. The van der Waals surface area contributed by atoms with Crippen molar-refractivity contribution in [3.8, 4) is 11.8 Å². The second-order valence-corrected chi connectivity index (χ2v) is 1.85. The Hall–Kier alpha value is -0.960. The fourth-order valence-corrected chi connectivity index (χ4v) is 0.488. The van der Waals surface area contributed by atoms with Gasteiger partial charge in [0.05, 0.1) is 0 Å². The van der Waals surface area contributed by atoms with Crippen LogP contribution in [-0.2, 0) is 0 Å². The largest absolute Gasteiger partial charge is 0.106 e. The minimum absolute atomic E-state index is 0.864. The van der Waals surface area contributed by atoms with Crippen LogP contribution in [0.2, 0.25) is 0 Å². The maximum absolute atomic E-state index is 3.58. The zero-order chi connectivity index (χ0) is 7.11. The molecule has 0 aliphatic heterocycles. The third-order valence-corrected chi connectivity index (χ3v) is 0.946. The van der Waals surface area contributed by atoms with Crippen LogP contribution in [-0.4, -0.2) is 0 Å². The van der Waals surface area contributed by atoms with E-state index in [0.29, 0.717) is 0 Å². The predicted molar refractivity (Wildman–Crippen MR) is 42.0 cm³/mol. The molecule has 0 unspecified atom stereocenters. The van der Waals surface area contributed by atoms with Crippen LogP contribution >= 0.6 is 0 Å². The van der Waals surface area contributed by atoms with Crippen LogP contribution in [0.3, 0.4) is 0 Å². The Balaban J connectivity index is 3.70. The first-order valence-corrected chi connectivity index (χ1v) is 2.99. The summed E-state index contributed by atoms with van der Waals surface area (Å²) in [4.78, 5) is 0. The highest BCUT2D eigenvalue weighted by atomic mass is 13.8. The van der Waals surface area contributed by atoms with E-state index in [2.05, 4.69) is 18.4 Å². The Morgan fingerprint density at radius 2 is 2.33 bits per heavy atom. The van der Waals surface area contributed by atoms with E-state index in [0.717, 1.165) is 6.42 Å². The van der Waals surface area contributed by atoms with E-state index in [-0.39, 0.29) is 0 Å². The van der Waals surface area contributed by atoms with Crippen molar-refractivity contribution in [1.82, 2.24) is 0 Å². The van der Waals surface area contributed by atoms with Gasteiger partial charge in [-0.05, 0) is 13.8 Å². The molecule has 0 radical (unpaired) electrons. The molecule has 0 atom stereocenters. The van der Waals surface area contributed by atoms with E-state index in [4.69, 9.17) is 0 Å². The van der Waals surface area contributed by atoms with E-state index in [1.165, 1.54) is 5.57 Å². The lowest BCUT2D eigenvalue weighted by atomic mass is 10.2. The first-order valence-electron chi connectivity index (χ1n) is 2.99. The summed E-state index contributed by atoms with van der Waals surface area (Å²) in [6.45, 7) is 7.48. The highest BCUT2D eigenvalue weighted by molar-refractivity contribution is 5.14. The third-order valence-electron chi connectivity index (χ3n) is 0.946. The predicted octanol–water partition coefficient (Wildman–Crippen LogP) is 2.53. The van der Waals surface area contributed by atoms with Gasteiger partial charge in [0.1, 0.15) is 0 Å². The Kier molecular flexibility index (Phi) is 4.63. The molecule has 0 heterocycles. The normalized spacial score (nSPS) is 9.78. The van der Waals surface area contributed by atoms with Crippen LogP contribution in [0, 0.1) is 11.8 Å². The van der Waals surface area contributed by atoms with E-state index < -0.39 is 0 Å². The average Bonchev–Trinajstić information content (AvgIpc) is 1.85. The molecular formula is C9H12. The second-order valence-electron chi connectivity index (χ2n) is 1.85. The van der Waals surface area contributed by atoms with Gasteiger partial charge in [-0.25, -0.2) is 0 Å². The Morgan fingerprint density at radius 1 is 1.67 bits per heavy atom. The molecule has 0 fully saturated rings. The Labute approximate surface area is 57.3 Å². The topological polar surface area (TPSA) is 0 Å². The SMILES string of the molecule is C=C/C=C(/C)CC#CC. The van der Waals surface area contributed by atoms with Gasteiger partial charge >= 0.3 is 0 Å². The van der Waals surface area contributed by atoms with Gasteiger partial charge in [-0.1, -0.05) is 30.2 Å². The smallest absolute Gasteiger partial charge is 0.0299 e. The van der Waals surface area contributed by atoms with Crippen molar-refractivity contribution in [2.75, 3.05) is 0 Å². The van der Waals surface area contributed by atoms with Gasteiger partial charge in [0.2, 0.25) is 0 Å². The van der Waals surface area contributed by atoms with E-state index in [1.54, 1.807) is 6.08 Å². The first-order chi connectivity index (χ1) is 4.31. The van der Waals surface area contributed by atoms with Gasteiger partial charge in [-0.15, -0.1) is 5.92 Å². The van der Waals surface area contributed by atoms with Gasteiger partial charge < -0.3 is 0 Å². The molecule has 0 aromatic heterocycles. The molecule has 0 spiro atoms. The molecule has 0 N–H and O–H groups in total. The molecule has 9 heavy (non-hydrogen) atoms. The maximum Gasteiger partial charge on any atom is 0.0299 e. The first kappa shape index (κ1) is 8.04. The van der Waals surface area contributed by atoms with Crippen molar-refractivity contribution in [1.29, 1.82) is 0 Å². The van der Waals surface area contributed by atoms with E-state index in [1.807, 2.05) is 19.9 Å². The van der Waals surface area contributed by atoms with Crippen LogP contribution in [0.15, 0.2) is 24.3 Å². The summed E-state index contributed by atoms with van der Waals surface area (Å²) in [5, 5.41) is 0. The van der Waals surface area contributed by atoms with Gasteiger partial charge in [0.25, 0.3) is 0 Å². The van der Waals surface area contributed by atoms with Crippen LogP contribution < -0.4 is 0 Å². The lowest BCUT2D eigenvalue weighted by molar-refractivity contribution is 1.25. The summed E-state index contributed by atoms with van der Waals surface area (Å²) in [7, 11) is 0. The van der Waals surface area contributed by atoms with Crippen LogP contribution in [0.5, 0.6) is 0 Å². The summed E-state index contributed by atoms with van der Waals surface area (Å²) in [5.41, 5.74) is 1.26. The molecule has 0 rings (SSSR count). The monoisotopic (exact) mass is 120 g/mol. The summed E-state index contributed by atoms with van der Waals surface area (Å²) in [6.07, 6.45) is 4.62. The van der Waals surface area contributed by atoms with Gasteiger partial charge in [0, 0.05) is 6.42 Å². The Bertz CT molecular complexity index is 162. The average molecular weight is 120 g/mol. The number of hydrogen-bond acceptors (Lipinski definition) is 0. The molecule has 0 aliphatic carbocycles. The minimum atomic E-state index is 0.864. The lowest BCUT2D eigenvalue weighted by Gasteiger charge is -1.86. The highest BCUT2D eigenvalue weighted by Gasteiger charge is 1.78. The van der Waals surface area contributed by atoms with Crippen LogP contribution in [0.25, 0.3) is 0 Å². The van der Waals surface area contributed by atoms with Gasteiger partial charge in [0.15, 0.2) is 0 Å². The summed E-state index contributed by atoms with van der Waals surface area (Å²) < 4.78 is 0. The van der Waals surface area contributed by atoms with Gasteiger partial charge in [-0.2, -0.15) is 0 Å². The van der Waals surface area contributed by atoms with E-state index in [9.17, 15) is 0 Å². The summed E-state index contributed by atoms with van der Waals surface area (Å²) >= 11 is 0. The van der Waals surface area contributed by atoms with Crippen LogP contribution in [0.4, 0.5) is 0 Å². The number of allylic oxidation sites excluding steroid dienone is 3. The molecule has 0 amide bonds. The summed E-state index contributed by atoms with van der Waals surface area (Å²) in [5.74, 6) is 5.80. The fraction of sp³-hybridized carbons (Fsp3) is 0.333. The van der Waals surface area contributed by atoms with Crippen molar-refractivity contribution in [2.24, 2.45) is 0 Å². The van der Waals surface area contributed by atoms with Crippen molar-refractivity contribution in [2.45, 2.75) is 20.3 Å². The van der Waals surface area contributed by atoms with Crippen molar-refractivity contribution in [3.05, 3.63) is 24.3 Å². The molecule has 0 heteroatoms.